The van der Waals surface area contributed by atoms with Crippen LogP contribution in [0.3, 0.4) is 0 Å². The highest BCUT2D eigenvalue weighted by Crippen LogP contribution is 2.31. The van der Waals surface area contributed by atoms with Gasteiger partial charge in [-0.15, -0.1) is 0 Å². The fourth-order valence-corrected chi connectivity index (χ4v) is 2.30. The third-order valence-electron chi connectivity index (χ3n) is 2.52. The molecule has 17 heavy (non-hydrogen) atoms. The van der Waals surface area contributed by atoms with E-state index in [1.54, 1.807) is 6.20 Å². The molecule has 0 fully saturated rings. The molecular weight excluding hydrogens is 304 g/mol. The molecule has 0 saturated carbocycles. The monoisotopic (exact) mass is 306 g/mol. The molecule has 0 spiro atoms. The second kappa shape index (κ2) is 3.69. The Kier molecular flexibility index (Phi) is 2.28. The van der Waals surface area contributed by atoms with E-state index in [1.165, 1.54) is 6.20 Å². The fourth-order valence-electron chi connectivity index (χ4n) is 1.75. The van der Waals surface area contributed by atoms with Crippen molar-refractivity contribution in [2.75, 3.05) is 0 Å². The summed E-state index contributed by atoms with van der Waals surface area (Å²) in [4.78, 5) is 11.5. The van der Waals surface area contributed by atoms with E-state index < -0.39 is 0 Å². The van der Waals surface area contributed by atoms with Gasteiger partial charge in [0.05, 0.1) is 33.3 Å². The van der Waals surface area contributed by atoms with Crippen LogP contribution in [0.25, 0.3) is 21.9 Å². The summed E-state index contributed by atoms with van der Waals surface area (Å²) in [7, 11) is 0. The molecular formula is C11H4BrClN4. The Balaban J connectivity index is 2.53. The molecule has 1 N–H and O–H groups in total. The number of nitrogens with zero attached hydrogens (tertiary/aromatic N) is 3. The number of H-pyrrole nitrogens is 1. The molecule has 3 aromatic rings. The highest BCUT2D eigenvalue weighted by atomic mass is 79.9. The first kappa shape index (κ1) is 10.5. The predicted octanol–water partition coefficient (Wildman–Crippen LogP) is 3.40. The molecule has 0 aliphatic heterocycles. The van der Waals surface area contributed by atoms with E-state index in [1.807, 2.05) is 12.1 Å². The molecule has 0 radical (unpaired) electrons. The van der Waals surface area contributed by atoms with Crippen molar-refractivity contribution in [3.63, 3.8) is 0 Å². The molecule has 0 saturated heterocycles. The summed E-state index contributed by atoms with van der Waals surface area (Å²) in [5, 5.41) is 10.2. The molecule has 0 bridgehead atoms. The molecule has 6 heteroatoms. The Morgan fingerprint density at radius 1 is 1.35 bits per heavy atom. The van der Waals surface area contributed by atoms with E-state index in [2.05, 4.69) is 30.9 Å². The largest absolute Gasteiger partial charge is 0.351 e. The lowest BCUT2D eigenvalue weighted by Crippen LogP contribution is -1.82. The lowest BCUT2D eigenvalue weighted by atomic mass is 10.2. The van der Waals surface area contributed by atoms with Gasteiger partial charge in [0.1, 0.15) is 10.7 Å². The maximum Gasteiger partial charge on any atom is 0.106 e. The van der Waals surface area contributed by atoms with Gasteiger partial charge in [-0.1, -0.05) is 11.6 Å². The number of nitrogens with one attached hydrogen (secondary N) is 1. The summed E-state index contributed by atoms with van der Waals surface area (Å²) < 4.78 is 0.730. The van der Waals surface area contributed by atoms with Crippen LogP contribution in [0.15, 0.2) is 23.1 Å². The smallest absolute Gasteiger partial charge is 0.106 e. The van der Waals surface area contributed by atoms with Gasteiger partial charge in [0, 0.05) is 11.6 Å². The summed E-state index contributed by atoms with van der Waals surface area (Å²) in [6.07, 6.45) is 3.18. The lowest BCUT2D eigenvalue weighted by molar-refractivity contribution is 1.30. The van der Waals surface area contributed by atoms with Crippen LogP contribution in [0.5, 0.6) is 0 Å². The molecule has 3 heterocycles. The molecule has 3 aromatic heterocycles. The summed E-state index contributed by atoms with van der Waals surface area (Å²) in [6.45, 7) is 0. The zero-order valence-electron chi connectivity index (χ0n) is 8.33. The molecule has 3 rings (SSSR count). The van der Waals surface area contributed by atoms with Crippen molar-refractivity contribution in [2.24, 2.45) is 0 Å². The molecule has 82 valence electrons. The summed E-state index contributed by atoms with van der Waals surface area (Å²) >= 11 is 9.44. The summed E-state index contributed by atoms with van der Waals surface area (Å²) in [6, 6.07) is 3.87. The Hall–Kier alpha value is -1.64. The maximum atomic E-state index is 8.89. The van der Waals surface area contributed by atoms with E-state index >= 15 is 0 Å². The quantitative estimate of drug-likeness (QED) is 0.647. The molecule has 4 nitrogen and oxygen atoms in total. The average molecular weight is 308 g/mol. The van der Waals surface area contributed by atoms with E-state index in [4.69, 9.17) is 16.9 Å². The second-order valence-electron chi connectivity index (χ2n) is 3.50. The van der Waals surface area contributed by atoms with Gasteiger partial charge in [-0.25, -0.2) is 4.98 Å². The van der Waals surface area contributed by atoms with Crippen molar-refractivity contribution in [1.82, 2.24) is 15.0 Å². The number of nitriles is 1. The lowest BCUT2D eigenvalue weighted by Gasteiger charge is -1.95. The standard InChI is InChI=1S/C11H4BrClN4/c12-8-1-6-7(4-15-8)17-11-9(13)5(2-14)3-16-10(6)11/h1,3-4,17H. The molecule has 0 aliphatic carbocycles. The number of rotatable bonds is 0. The second-order valence-corrected chi connectivity index (χ2v) is 4.69. The molecule has 0 aliphatic rings. The van der Waals surface area contributed by atoms with Crippen molar-refractivity contribution >= 4 is 49.5 Å². The number of hydrogen-bond donors (Lipinski definition) is 1. The van der Waals surface area contributed by atoms with Gasteiger partial charge < -0.3 is 4.98 Å². The van der Waals surface area contributed by atoms with Gasteiger partial charge in [-0.05, 0) is 22.0 Å². The van der Waals surface area contributed by atoms with Crippen molar-refractivity contribution in [1.29, 1.82) is 5.26 Å². The van der Waals surface area contributed by atoms with Crippen molar-refractivity contribution in [2.45, 2.75) is 0 Å². The van der Waals surface area contributed by atoms with Crippen molar-refractivity contribution in [3.8, 4) is 6.07 Å². The van der Waals surface area contributed by atoms with Crippen LogP contribution in [0.2, 0.25) is 5.02 Å². The van der Waals surface area contributed by atoms with Crippen LogP contribution >= 0.6 is 27.5 Å². The van der Waals surface area contributed by atoms with Gasteiger partial charge in [0.2, 0.25) is 0 Å². The predicted molar refractivity (Wildman–Crippen MR) is 68.8 cm³/mol. The first-order valence-corrected chi connectivity index (χ1v) is 5.89. The zero-order valence-corrected chi connectivity index (χ0v) is 10.7. The number of aromatic amines is 1. The Morgan fingerprint density at radius 3 is 2.94 bits per heavy atom. The van der Waals surface area contributed by atoms with E-state index in [-0.39, 0.29) is 0 Å². The van der Waals surface area contributed by atoms with Gasteiger partial charge in [-0.3, -0.25) is 4.98 Å². The third-order valence-corrected chi connectivity index (χ3v) is 3.35. The molecule has 0 atom stereocenters. The van der Waals surface area contributed by atoms with Crippen LogP contribution in [-0.2, 0) is 0 Å². The van der Waals surface area contributed by atoms with Crippen LogP contribution in [0, 0.1) is 11.3 Å². The number of hydrogen-bond acceptors (Lipinski definition) is 3. The van der Waals surface area contributed by atoms with Crippen molar-refractivity contribution < 1.29 is 0 Å². The molecule has 0 amide bonds. The minimum absolute atomic E-state index is 0.359. The number of aromatic nitrogens is 3. The SMILES string of the molecule is N#Cc1cnc2c([nH]c3cnc(Br)cc32)c1Cl. The Labute approximate surface area is 109 Å². The van der Waals surface area contributed by atoms with Crippen LogP contribution in [0.1, 0.15) is 5.56 Å². The zero-order chi connectivity index (χ0) is 12.0. The Bertz CT molecular complexity index is 787. The number of pyridine rings is 2. The summed E-state index contributed by atoms with van der Waals surface area (Å²) in [5.74, 6) is 0. The minimum Gasteiger partial charge on any atom is -0.351 e. The van der Waals surface area contributed by atoms with Gasteiger partial charge in [0.25, 0.3) is 0 Å². The normalized spacial score (nSPS) is 10.9. The molecule has 0 unspecified atom stereocenters. The van der Waals surface area contributed by atoms with Gasteiger partial charge in [0.15, 0.2) is 0 Å². The highest BCUT2D eigenvalue weighted by molar-refractivity contribution is 9.10. The van der Waals surface area contributed by atoms with E-state index in [0.29, 0.717) is 16.1 Å². The Morgan fingerprint density at radius 2 is 2.18 bits per heavy atom. The highest BCUT2D eigenvalue weighted by Gasteiger charge is 2.12. The number of halogens is 2. The first-order chi connectivity index (χ1) is 8.20. The van der Waals surface area contributed by atoms with E-state index in [9.17, 15) is 0 Å². The number of fused-ring (bicyclic) bond motifs is 3. The minimum atomic E-state index is 0.359. The van der Waals surface area contributed by atoms with Crippen LogP contribution in [0.4, 0.5) is 0 Å². The fraction of sp³-hybridized carbons (Fsp3) is 0. The van der Waals surface area contributed by atoms with Crippen molar-refractivity contribution in [3.05, 3.63) is 33.6 Å². The third kappa shape index (κ3) is 1.49. The topological polar surface area (TPSA) is 65.4 Å². The van der Waals surface area contributed by atoms with Gasteiger partial charge >= 0.3 is 0 Å². The van der Waals surface area contributed by atoms with E-state index in [0.717, 1.165) is 21.0 Å². The maximum absolute atomic E-state index is 8.89. The average Bonchev–Trinajstić information content (AvgIpc) is 2.69. The van der Waals surface area contributed by atoms with Crippen LogP contribution in [-0.4, -0.2) is 15.0 Å². The summed E-state index contributed by atoms with van der Waals surface area (Å²) in [5.41, 5.74) is 2.61. The van der Waals surface area contributed by atoms with Gasteiger partial charge in [-0.2, -0.15) is 5.26 Å². The molecule has 0 aromatic carbocycles. The van der Waals surface area contributed by atoms with Crippen LogP contribution < -0.4 is 0 Å². The first-order valence-electron chi connectivity index (χ1n) is 4.72.